The van der Waals surface area contributed by atoms with Gasteiger partial charge in [0.25, 0.3) is 0 Å². The highest BCUT2D eigenvalue weighted by Gasteiger charge is 2.21. The van der Waals surface area contributed by atoms with Crippen LogP contribution in [0.25, 0.3) is 0 Å². The summed E-state index contributed by atoms with van der Waals surface area (Å²) >= 11 is 6.09. The molecule has 0 bridgehead atoms. The number of rotatable bonds is 4. The molecule has 7 heteroatoms. The van der Waals surface area contributed by atoms with E-state index < -0.39 is 0 Å². The summed E-state index contributed by atoms with van der Waals surface area (Å²) in [6.45, 7) is 3.82. The number of halogens is 1. The molecule has 2 rings (SSSR count). The van der Waals surface area contributed by atoms with Gasteiger partial charge in [0.05, 0.1) is 18.7 Å². The maximum atomic E-state index is 6.09. The summed E-state index contributed by atoms with van der Waals surface area (Å²) < 4.78 is 5.12. The van der Waals surface area contributed by atoms with Gasteiger partial charge in [-0.3, -0.25) is 9.89 Å². The number of piperazine rings is 1. The van der Waals surface area contributed by atoms with Crippen molar-refractivity contribution in [2.45, 2.75) is 6.04 Å². The van der Waals surface area contributed by atoms with Crippen molar-refractivity contribution < 1.29 is 4.74 Å². The van der Waals surface area contributed by atoms with E-state index in [1.165, 1.54) is 0 Å². The Morgan fingerprint density at radius 1 is 1.45 bits per heavy atom. The van der Waals surface area contributed by atoms with Crippen molar-refractivity contribution in [3.8, 4) is 5.75 Å². The molecule has 1 aromatic rings. The summed E-state index contributed by atoms with van der Waals surface area (Å²) in [4.78, 5) is 9.07. The van der Waals surface area contributed by atoms with Crippen molar-refractivity contribution in [2.75, 3.05) is 52.7 Å². The van der Waals surface area contributed by atoms with E-state index in [9.17, 15) is 0 Å². The number of methoxy groups -OCH3 is 1. The lowest BCUT2D eigenvalue weighted by Crippen LogP contribution is -2.51. The molecule has 0 aromatic heterocycles. The predicted octanol–water partition coefficient (Wildman–Crippen LogP) is 1.32. The van der Waals surface area contributed by atoms with Gasteiger partial charge < -0.3 is 20.7 Å². The third-order valence-electron chi connectivity index (χ3n) is 3.88. The number of nitrogens with zero attached hydrogens (tertiary/aromatic N) is 3. The maximum Gasteiger partial charge on any atom is 0.193 e. The van der Waals surface area contributed by atoms with Gasteiger partial charge in [-0.05, 0) is 32.3 Å². The molecule has 1 aromatic carbocycles. The van der Waals surface area contributed by atoms with Gasteiger partial charge in [0, 0.05) is 31.4 Å². The Hall–Kier alpha value is -1.50. The molecule has 6 nitrogen and oxygen atoms in total. The summed E-state index contributed by atoms with van der Waals surface area (Å²) in [5, 5.41) is 3.59. The molecule has 0 spiro atoms. The van der Waals surface area contributed by atoms with Crippen LogP contribution in [0.1, 0.15) is 0 Å². The number of nitrogens with two attached hydrogens (primary N) is 1. The van der Waals surface area contributed by atoms with E-state index in [0.29, 0.717) is 29.3 Å². The molecule has 1 saturated heterocycles. The van der Waals surface area contributed by atoms with Crippen LogP contribution in [0.15, 0.2) is 23.2 Å². The predicted molar refractivity (Wildman–Crippen MR) is 92.0 cm³/mol. The monoisotopic (exact) mass is 325 g/mol. The second kappa shape index (κ2) is 7.67. The lowest BCUT2D eigenvalue weighted by atomic mass is 10.2. The molecule has 1 unspecified atom stereocenters. The molecule has 1 aliphatic rings. The zero-order valence-corrected chi connectivity index (χ0v) is 14.1. The van der Waals surface area contributed by atoms with Gasteiger partial charge in [0.2, 0.25) is 0 Å². The molecule has 0 aliphatic carbocycles. The highest BCUT2D eigenvalue weighted by atomic mass is 35.5. The topological polar surface area (TPSA) is 66.1 Å². The second-order valence-electron chi connectivity index (χ2n) is 5.60. The number of benzene rings is 1. The van der Waals surface area contributed by atoms with Crippen molar-refractivity contribution in [2.24, 2.45) is 10.7 Å². The first kappa shape index (κ1) is 16.9. The average molecular weight is 326 g/mol. The van der Waals surface area contributed by atoms with Crippen molar-refractivity contribution in [1.82, 2.24) is 9.80 Å². The third-order valence-corrected chi connectivity index (χ3v) is 4.17. The summed E-state index contributed by atoms with van der Waals surface area (Å²) in [6.07, 6.45) is 0. The van der Waals surface area contributed by atoms with Gasteiger partial charge in [-0.1, -0.05) is 11.6 Å². The average Bonchev–Trinajstić information content (AvgIpc) is 2.48. The number of likely N-dealkylation sites (N-methyl/N-ethyl adjacent to an activating group) is 2. The maximum absolute atomic E-state index is 6.09. The number of guanidine groups is 1. The number of ether oxygens (including phenoxy) is 1. The summed E-state index contributed by atoms with van der Waals surface area (Å²) in [6, 6.07) is 5.80. The van der Waals surface area contributed by atoms with E-state index in [0.717, 1.165) is 25.3 Å². The van der Waals surface area contributed by atoms with Gasteiger partial charge >= 0.3 is 0 Å². The first-order valence-electron chi connectivity index (χ1n) is 7.29. The van der Waals surface area contributed by atoms with E-state index >= 15 is 0 Å². The van der Waals surface area contributed by atoms with Gasteiger partial charge in [-0.25, -0.2) is 0 Å². The molecule has 122 valence electrons. The Balaban J connectivity index is 1.93. The Bertz CT molecular complexity index is 537. The fraction of sp³-hybridized carbons (Fsp3) is 0.533. The van der Waals surface area contributed by atoms with E-state index in [2.05, 4.69) is 34.2 Å². The van der Waals surface area contributed by atoms with Crippen molar-refractivity contribution in [1.29, 1.82) is 0 Å². The molecule has 1 atom stereocenters. The number of anilines is 1. The zero-order valence-electron chi connectivity index (χ0n) is 13.3. The van der Waals surface area contributed by atoms with Crippen LogP contribution in [0.5, 0.6) is 5.75 Å². The normalized spacial score (nSPS) is 20.9. The molecule has 0 saturated carbocycles. The summed E-state index contributed by atoms with van der Waals surface area (Å²) in [5.41, 5.74) is 6.75. The van der Waals surface area contributed by atoms with Crippen LogP contribution in [-0.4, -0.2) is 69.2 Å². The molecular formula is C15H24ClN5O. The fourth-order valence-electron chi connectivity index (χ4n) is 2.43. The van der Waals surface area contributed by atoms with Crippen molar-refractivity contribution >= 4 is 23.2 Å². The quantitative estimate of drug-likeness (QED) is 0.645. The number of aliphatic imine (C=N–C) groups is 1. The lowest BCUT2D eigenvalue weighted by Gasteiger charge is -2.36. The van der Waals surface area contributed by atoms with Crippen LogP contribution in [-0.2, 0) is 0 Å². The highest BCUT2D eigenvalue weighted by Crippen LogP contribution is 2.27. The van der Waals surface area contributed by atoms with Crippen LogP contribution in [0, 0.1) is 0 Å². The van der Waals surface area contributed by atoms with Crippen molar-refractivity contribution in [3.05, 3.63) is 23.2 Å². The molecule has 1 aliphatic heterocycles. The Morgan fingerprint density at radius 2 is 2.23 bits per heavy atom. The summed E-state index contributed by atoms with van der Waals surface area (Å²) in [5.74, 6) is 1.03. The van der Waals surface area contributed by atoms with Gasteiger partial charge in [-0.2, -0.15) is 0 Å². The first-order valence-corrected chi connectivity index (χ1v) is 7.66. The first-order chi connectivity index (χ1) is 10.5. The Morgan fingerprint density at radius 3 is 2.91 bits per heavy atom. The fourth-order valence-corrected chi connectivity index (χ4v) is 2.69. The van der Waals surface area contributed by atoms with Gasteiger partial charge in [-0.15, -0.1) is 0 Å². The Kier molecular flexibility index (Phi) is 5.88. The lowest BCUT2D eigenvalue weighted by molar-refractivity contribution is 0.119. The molecule has 1 fully saturated rings. The Labute approximate surface area is 136 Å². The summed E-state index contributed by atoms with van der Waals surface area (Å²) in [7, 11) is 5.84. The van der Waals surface area contributed by atoms with Crippen LogP contribution in [0.4, 0.5) is 5.69 Å². The second-order valence-corrected chi connectivity index (χ2v) is 6.00. The minimum atomic E-state index is 0.388. The molecule has 3 N–H and O–H groups in total. The largest absolute Gasteiger partial charge is 0.495 e. The minimum absolute atomic E-state index is 0.388. The van der Waals surface area contributed by atoms with E-state index in [4.69, 9.17) is 22.1 Å². The van der Waals surface area contributed by atoms with Crippen LogP contribution < -0.4 is 15.8 Å². The third kappa shape index (κ3) is 4.50. The van der Waals surface area contributed by atoms with Crippen LogP contribution in [0.2, 0.25) is 5.02 Å². The van der Waals surface area contributed by atoms with Crippen molar-refractivity contribution in [3.63, 3.8) is 0 Å². The smallest absolute Gasteiger partial charge is 0.193 e. The zero-order chi connectivity index (χ0) is 16.1. The number of nitrogens with one attached hydrogen (secondary N) is 1. The molecular weight excluding hydrogens is 302 g/mol. The van der Waals surface area contributed by atoms with Crippen LogP contribution in [0.3, 0.4) is 0 Å². The van der Waals surface area contributed by atoms with Crippen LogP contribution >= 0.6 is 11.6 Å². The molecule has 22 heavy (non-hydrogen) atoms. The van der Waals surface area contributed by atoms with E-state index in [1.54, 1.807) is 19.2 Å². The van der Waals surface area contributed by atoms with E-state index in [1.807, 2.05) is 6.07 Å². The minimum Gasteiger partial charge on any atom is -0.495 e. The number of hydrogen-bond acceptors (Lipinski definition) is 4. The SMILES string of the molecule is COc1ccc(NC(N)=NCC2CN(C)CCN2C)cc1Cl. The van der Waals surface area contributed by atoms with E-state index in [-0.39, 0.29) is 0 Å². The molecule has 0 radical (unpaired) electrons. The standard InChI is InChI=1S/C15H24ClN5O/c1-20-6-7-21(2)12(10-20)9-18-15(17)19-11-4-5-14(22-3)13(16)8-11/h4-5,8,12H,6-7,9-10H2,1-3H3,(H3,17,18,19). The van der Waals surface area contributed by atoms with Gasteiger partial charge in [0.15, 0.2) is 5.96 Å². The molecule has 0 amide bonds. The van der Waals surface area contributed by atoms with Gasteiger partial charge in [0.1, 0.15) is 5.75 Å². The highest BCUT2D eigenvalue weighted by molar-refractivity contribution is 6.32. The molecule has 1 heterocycles. The number of hydrogen-bond donors (Lipinski definition) is 2.